The Morgan fingerprint density at radius 3 is 2.48 bits per heavy atom. The van der Waals surface area contributed by atoms with Crippen molar-refractivity contribution in [1.29, 1.82) is 0 Å². The molecule has 0 spiro atoms. The highest BCUT2D eigenvalue weighted by atomic mass is 19.4. The van der Waals surface area contributed by atoms with Crippen LogP contribution in [0.4, 0.5) is 13.2 Å². The maximum Gasteiger partial charge on any atom is 0.390 e. The first-order chi connectivity index (χ1) is 10.9. The summed E-state index contributed by atoms with van der Waals surface area (Å²) in [5.74, 6) is 0.515. The molecule has 0 radical (unpaired) electrons. The fourth-order valence-electron chi connectivity index (χ4n) is 2.51. The summed E-state index contributed by atoms with van der Waals surface area (Å²) in [7, 11) is 0. The molecule has 1 aromatic rings. The van der Waals surface area contributed by atoms with Crippen LogP contribution in [0.5, 0.6) is 0 Å². The lowest BCUT2D eigenvalue weighted by atomic mass is 10.2. The van der Waals surface area contributed by atoms with Crippen LogP contribution in [0, 0.1) is 0 Å². The summed E-state index contributed by atoms with van der Waals surface area (Å²) >= 11 is 0. The van der Waals surface area contributed by atoms with Gasteiger partial charge in [0.15, 0.2) is 0 Å². The number of aryl methyl sites for hydroxylation is 1. The number of rotatable bonds is 4. The number of hydrogen-bond acceptors (Lipinski definition) is 4. The third-order valence-corrected chi connectivity index (χ3v) is 3.86. The largest absolute Gasteiger partial charge is 0.390 e. The Bertz CT molecular complexity index is 518. The summed E-state index contributed by atoms with van der Waals surface area (Å²) in [5.41, 5.74) is 0.422. The monoisotopic (exact) mass is 330 g/mol. The molecule has 0 aromatic carbocycles. The second-order valence-corrected chi connectivity index (χ2v) is 5.59. The summed E-state index contributed by atoms with van der Waals surface area (Å²) in [6, 6.07) is 0. The molecule has 1 amide bonds. The first-order valence-electron chi connectivity index (χ1n) is 7.78. The molecule has 8 heteroatoms. The highest BCUT2D eigenvalue weighted by Crippen LogP contribution is 2.20. The van der Waals surface area contributed by atoms with E-state index in [0.717, 1.165) is 0 Å². The van der Waals surface area contributed by atoms with E-state index in [0.29, 0.717) is 50.4 Å². The van der Waals surface area contributed by atoms with Gasteiger partial charge in [0.05, 0.1) is 12.0 Å². The van der Waals surface area contributed by atoms with Crippen molar-refractivity contribution in [2.45, 2.75) is 32.4 Å². The van der Waals surface area contributed by atoms with Gasteiger partial charge in [-0.25, -0.2) is 9.97 Å². The third kappa shape index (κ3) is 5.46. The van der Waals surface area contributed by atoms with Gasteiger partial charge in [-0.3, -0.25) is 4.79 Å². The van der Waals surface area contributed by atoms with Crippen molar-refractivity contribution in [2.75, 3.05) is 32.7 Å². The second kappa shape index (κ2) is 7.72. The average Bonchev–Trinajstić information content (AvgIpc) is 2.77. The van der Waals surface area contributed by atoms with Crippen molar-refractivity contribution in [3.63, 3.8) is 0 Å². The number of alkyl halides is 3. The minimum atomic E-state index is -4.14. The SMILES string of the molecule is CCc1ncc(C(=O)N2CCCN(CCC(F)(F)F)CC2)cn1. The second-order valence-electron chi connectivity index (χ2n) is 5.59. The van der Waals surface area contributed by atoms with Gasteiger partial charge >= 0.3 is 6.18 Å². The van der Waals surface area contributed by atoms with E-state index in [9.17, 15) is 18.0 Å². The Balaban J connectivity index is 1.90. The molecule has 128 valence electrons. The number of aromatic nitrogens is 2. The molecular weight excluding hydrogens is 309 g/mol. The highest BCUT2D eigenvalue weighted by Gasteiger charge is 2.28. The van der Waals surface area contributed by atoms with Gasteiger partial charge in [-0.2, -0.15) is 13.2 Å². The molecule has 0 unspecified atom stereocenters. The topological polar surface area (TPSA) is 49.3 Å². The van der Waals surface area contributed by atoms with Crippen LogP contribution in [0.25, 0.3) is 0 Å². The van der Waals surface area contributed by atoms with E-state index in [4.69, 9.17) is 0 Å². The minimum absolute atomic E-state index is 0.0140. The highest BCUT2D eigenvalue weighted by molar-refractivity contribution is 5.93. The summed E-state index contributed by atoms with van der Waals surface area (Å²) in [6.45, 7) is 3.91. The van der Waals surface area contributed by atoms with Crippen molar-refractivity contribution >= 4 is 5.91 Å². The van der Waals surface area contributed by atoms with Gasteiger partial charge in [-0.1, -0.05) is 6.92 Å². The molecule has 0 bridgehead atoms. The van der Waals surface area contributed by atoms with Crippen molar-refractivity contribution in [1.82, 2.24) is 19.8 Å². The zero-order valence-electron chi connectivity index (χ0n) is 13.1. The molecular formula is C15H21F3N4O. The molecule has 1 aliphatic heterocycles. The van der Waals surface area contributed by atoms with E-state index < -0.39 is 12.6 Å². The van der Waals surface area contributed by atoms with Crippen LogP contribution < -0.4 is 0 Å². The quantitative estimate of drug-likeness (QED) is 0.849. The predicted molar refractivity (Wildman–Crippen MR) is 79.0 cm³/mol. The maximum atomic E-state index is 12.4. The van der Waals surface area contributed by atoms with Crippen LogP contribution in [0.3, 0.4) is 0 Å². The standard InChI is InChI=1S/C15H21F3N4O/c1-2-13-19-10-12(11-20-13)14(23)22-6-3-5-21(8-9-22)7-4-15(16,17)18/h10-11H,2-9H2,1H3. The molecule has 0 N–H and O–H groups in total. The molecule has 2 rings (SSSR count). The van der Waals surface area contributed by atoms with Crippen LogP contribution in [-0.2, 0) is 6.42 Å². The summed E-state index contributed by atoms with van der Waals surface area (Å²) < 4.78 is 36.9. The molecule has 1 aliphatic rings. The Kier molecular flexibility index (Phi) is 5.92. The van der Waals surface area contributed by atoms with E-state index in [1.54, 1.807) is 9.80 Å². The van der Waals surface area contributed by atoms with Gasteiger partial charge in [-0.05, 0) is 13.0 Å². The summed E-state index contributed by atoms with van der Waals surface area (Å²) in [4.78, 5) is 24.1. The van der Waals surface area contributed by atoms with E-state index in [2.05, 4.69) is 9.97 Å². The molecule has 0 saturated carbocycles. The van der Waals surface area contributed by atoms with Crippen LogP contribution in [0.2, 0.25) is 0 Å². The van der Waals surface area contributed by atoms with Gasteiger partial charge in [0.2, 0.25) is 0 Å². The number of halogens is 3. The molecule has 5 nitrogen and oxygen atoms in total. The first-order valence-corrected chi connectivity index (χ1v) is 7.78. The summed E-state index contributed by atoms with van der Waals surface area (Å²) in [6.07, 6.45) is -0.557. The minimum Gasteiger partial charge on any atom is -0.337 e. The number of hydrogen-bond donors (Lipinski definition) is 0. The van der Waals surface area contributed by atoms with E-state index in [-0.39, 0.29) is 12.5 Å². The van der Waals surface area contributed by atoms with Crippen LogP contribution >= 0.6 is 0 Å². The normalized spacial score (nSPS) is 17.1. The molecule has 2 heterocycles. The van der Waals surface area contributed by atoms with Gasteiger partial charge in [0, 0.05) is 45.0 Å². The molecule has 1 aromatic heterocycles. The Hall–Kier alpha value is -1.70. The molecule has 1 fully saturated rings. The molecule has 0 aliphatic carbocycles. The van der Waals surface area contributed by atoms with E-state index in [1.165, 1.54) is 12.4 Å². The van der Waals surface area contributed by atoms with Crippen LogP contribution in [0.15, 0.2) is 12.4 Å². The fraction of sp³-hybridized carbons (Fsp3) is 0.667. The number of amides is 1. The van der Waals surface area contributed by atoms with E-state index in [1.807, 2.05) is 6.92 Å². The number of carbonyl (C=O) groups is 1. The smallest absolute Gasteiger partial charge is 0.337 e. The lowest BCUT2D eigenvalue weighted by Crippen LogP contribution is -2.36. The summed E-state index contributed by atoms with van der Waals surface area (Å²) in [5, 5.41) is 0. The zero-order valence-corrected chi connectivity index (χ0v) is 13.1. The molecule has 1 saturated heterocycles. The number of carbonyl (C=O) groups excluding carboxylic acids is 1. The van der Waals surface area contributed by atoms with Crippen molar-refractivity contribution < 1.29 is 18.0 Å². The lowest BCUT2D eigenvalue weighted by Gasteiger charge is -2.22. The van der Waals surface area contributed by atoms with Crippen molar-refractivity contribution in [3.8, 4) is 0 Å². The third-order valence-electron chi connectivity index (χ3n) is 3.86. The zero-order chi connectivity index (χ0) is 16.9. The van der Waals surface area contributed by atoms with Crippen molar-refractivity contribution in [3.05, 3.63) is 23.8 Å². The Morgan fingerprint density at radius 2 is 1.87 bits per heavy atom. The number of nitrogens with zero attached hydrogens (tertiary/aromatic N) is 4. The fourth-order valence-corrected chi connectivity index (χ4v) is 2.51. The first kappa shape index (κ1) is 17.7. The Morgan fingerprint density at radius 1 is 1.17 bits per heavy atom. The van der Waals surface area contributed by atoms with E-state index >= 15 is 0 Å². The maximum absolute atomic E-state index is 12.4. The van der Waals surface area contributed by atoms with Gasteiger partial charge in [-0.15, -0.1) is 0 Å². The van der Waals surface area contributed by atoms with Crippen LogP contribution in [0.1, 0.15) is 35.9 Å². The van der Waals surface area contributed by atoms with Crippen molar-refractivity contribution in [2.24, 2.45) is 0 Å². The van der Waals surface area contributed by atoms with Crippen LogP contribution in [-0.4, -0.2) is 64.6 Å². The average molecular weight is 330 g/mol. The Labute approximate surface area is 133 Å². The van der Waals surface area contributed by atoms with Gasteiger partial charge in [0.25, 0.3) is 5.91 Å². The predicted octanol–water partition coefficient (Wildman–Crippen LogP) is 2.14. The van der Waals surface area contributed by atoms with Gasteiger partial charge < -0.3 is 9.80 Å². The molecule has 23 heavy (non-hydrogen) atoms. The van der Waals surface area contributed by atoms with Gasteiger partial charge in [0.1, 0.15) is 5.82 Å². The lowest BCUT2D eigenvalue weighted by molar-refractivity contribution is -0.137. The molecule has 0 atom stereocenters.